The molecule has 0 bridgehead atoms. The lowest BCUT2D eigenvalue weighted by Crippen LogP contribution is -2.30. The number of sulfone groups is 1. The van der Waals surface area contributed by atoms with E-state index in [4.69, 9.17) is 6.57 Å². The highest BCUT2D eigenvalue weighted by molar-refractivity contribution is 7.92. The van der Waals surface area contributed by atoms with E-state index in [9.17, 15) is 18.0 Å². The van der Waals surface area contributed by atoms with Crippen molar-refractivity contribution in [3.63, 3.8) is 0 Å². The number of amides is 1. The molecule has 2 aliphatic carbocycles. The first-order valence-electron chi connectivity index (χ1n) is 11.2. The summed E-state index contributed by atoms with van der Waals surface area (Å²) in [6, 6.07) is 3.51. The number of hydrogen-bond acceptors (Lipinski definition) is 5. The van der Waals surface area contributed by atoms with Crippen LogP contribution >= 0.6 is 0 Å². The van der Waals surface area contributed by atoms with E-state index in [0.29, 0.717) is 0 Å². The minimum atomic E-state index is -3.99. The van der Waals surface area contributed by atoms with Gasteiger partial charge in [-0.15, -0.1) is 0 Å². The second kappa shape index (κ2) is 9.10. The molecule has 174 valence electrons. The summed E-state index contributed by atoms with van der Waals surface area (Å²) in [5.41, 5.74) is 6.28. The van der Waals surface area contributed by atoms with E-state index in [-0.39, 0.29) is 36.0 Å². The van der Waals surface area contributed by atoms with Crippen molar-refractivity contribution < 1.29 is 18.0 Å². The van der Waals surface area contributed by atoms with Crippen LogP contribution in [0.2, 0.25) is 0 Å². The second-order valence-corrected chi connectivity index (χ2v) is 10.8. The third-order valence-corrected chi connectivity index (χ3v) is 8.15. The SMILES string of the molecule is [C-]#[N+]CCN(C)C(=O)c1cc(S(=O)(=O)CC(=O)Cc2c3c(cc4c2CCC4)CCC3)nn1C. The zero-order valence-electron chi connectivity index (χ0n) is 19.1. The number of ketones is 1. The first-order chi connectivity index (χ1) is 15.7. The molecule has 1 heterocycles. The quantitative estimate of drug-likeness (QED) is 0.552. The standard InChI is InChI=1S/C24H28N4O4S/c1-25-10-11-27(2)24(30)22-14-23(26-28(22)3)33(31,32)15-18(29)13-21-19-8-4-6-16(19)12-17-7-5-9-20(17)21/h12,14H,4-11,13,15H2,2-3H3. The fraction of sp³-hybridized carbons (Fsp3) is 0.500. The first-order valence-corrected chi connectivity index (χ1v) is 12.9. The van der Waals surface area contributed by atoms with Crippen molar-refractivity contribution in [1.82, 2.24) is 14.7 Å². The number of likely N-dealkylation sites (N-methyl/N-ethyl adjacent to an activating group) is 1. The van der Waals surface area contributed by atoms with Gasteiger partial charge in [0.1, 0.15) is 11.4 Å². The molecule has 0 spiro atoms. The zero-order chi connectivity index (χ0) is 23.8. The van der Waals surface area contributed by atoms with Crippen LogP contribution in [0.3, 0.4) is 0 Å². The highest BCUT2D eigenvalue weighted by Crippen LogP contribution is 2.35. The molecule has 0 saturated heterocycles. The Morgan fingerprint density at radius 3 is 2.36 bits per heavy atom. The summed E-state index contributed by atoms with van der Waals surface area (Å²) in [6.45, 7) is 7.25. The van der Waals surface area contributed by atoms with Gasteiger partial charge in [-0.05, 0) is 66.3 Å². The Morgan fingerprint density at radius 1 is 1.12 bits per heavy atom. The van der Waals surface area contributed by atoms with Gasteiger partial charge in [-0.2, -0.15) is 5.10 Å². The number of aromatic nitrogens is 2. The Kier molecular flexibility index (Phi) is 6.39. The minimum absolute atomic E-state index is 0.104. The van der Waals surface area contributed by atoms with Crippen LogP contribution in [0, 0.1) is 6.57 Å². The number of aryl methyl sites for hydroxylation is 3. The molecule has 0 saturated carbocycles. The fourth-order valence-corrected chi connectivity index (χ4v) is 6.18. The normalized spacial score (nSPS) is 14.6. The number of Topliss-reactive ketones (excluding diaryl/α,β-unsaturated/α-hetero) is 1. The topological polar surface area (TPSA) is 93.7 Å². The molecule has 0 N–H and O–H groups in total. The van der Waals surface area contributed by atoms with Crippen molar-refractivity contribution in [2.45, 2.75) is 50.0 Å². The fourth-order valence-electron chi connectivity index (χ4n) is 4.97. The molecule has 0 radical (unpaired) electrons. The van der Waals surface area contributed by atoms with Crippen molar-refractivity contribution in [2.24, 2.45) is 7.05 Å². The number of benzene rings is 1. The highest BCUT2D eigenvalue weighted by atomic mass is 32.2. The van der Waals surface area contributed by atoms with Crippen LogP contribution in [0.1, 0.15) is 51.1 Å². The van der Waals surface area contributed by atoms with Crippen LogP contribution in [0.5, 0.6) is 0 Å². The second-order valence-electron chi connectivity index (χ2n) is 8.91. The number of carbonyl (C=O) groups excluding carboxylic acids is 2. The molecule has 1 aromatic heterocycles. The van der Waals surface area contributed by atoms with Gasteiger partial charge in [0, 0.05) is 26.6 Å². The lowest BCUT2D eigenvalue weighted by Gasteiger charge is -2.14. The lowest BCUT2D eigenvalue weighted by atomic mass is 9.91. The molecule has 9 heteroatoms. The first kappa shape index (κ1) is 23.2. The Balaban J connectivity index is 1.52. The average molecular weight is 469 g/mol. The van der Waals surface area contributed by atoms with Crippen molar-refractivity contribution in [1.29, 1.82) is 0 Å². The molecule has 0 atom stereocenters. The van der Waals surface area contributed by atoms with Crippen molar-refractivity contribution in [3.8, 4) is 0 Å². The Morgan fingerprint density at radius 2 is 1.76 bits per heavy atom. The Labute approximate surface area is 194 Å². The molecule has 4 rings (SSSR count). The maximum Gasteiger partial charge on any atom is 0.272 e. The predicted octanol–water partition coefficient (Wildman–Crippen LogP) is 1.97. The van der Waals surface area contributed by atoms with E-state index in [1.165, 1.54) is 44.9 Å². The zero-order valence-corrected chi connectivity index (χ0v) is 19.9. The van der Waals surface area contributed by atoms with Crippen LogP contribution < -0.4 is 0 Å². The third-order valence-electron chi connectivity index (χ3n) is 6.61. The number of hydrogen-bond donors (Lipinski definition) is 0. The van der Waals surface area contributed by atoms with E-state index in [0.717, 1.165) is 44.1 Å². The van der Waals surface area contributed by atoms with Gasteiger partial charge in [-0.1, -0.05) is 6.07 Å². The van der Waals surface area contributed by atoms with Gasteiger partial charge in [-0.3, -0.25) is 14.3 Å². The maximum atomic E-state index is 13.0. The van der Waals surface area contributed by atoms with Gasteiger partial charge >= 0.3 is 0 Å². The molecular formula is C24H28N4O4S. The molecule has 0 aliphatic heterocycles. The Hall–Kier alpha value is -2.99. The average Bonchev–Trinajstić information content (AvgIpc) is 3.50. The minimum Gasteiger partial charge on any atom is -0.333 e. The van der Waals surface area contributed by atoms with Gasteiger partial charge in [0.05, 0.1) is 6.54 Å². The number of fused-ring (bicyclic) bond motifs is 2. The number of rotatable bonds is 8. The van der Waals surface area contributed by atoms with Gasteiger partial charge in [0.15, 0.2) is 10.8 Å². The smallest absolute Gasteiger partial charge is 0.272 e. The lowest BCUT2D eigenvalue weighted by molar-refractivity contribution is -0.116. The highest BCUT2D eigenvalue weighted by Gasteiger charge is 2.29. The molecule has 33 heavy (non-hydrogen) atoms. The van der Waals surface area contributed by atoms with Crippen LogP contribution in [-0.2, 0) is 53.8 Å². The maximum absolute atomic E-state index is 13.0. The van der Waals surface area contributed by atoms with Crippen molar-refractivity contribution in [3.05, 3.63) is 57.1 Å². The van der Waals surface area contributed by atoms with Crippen molar-refractivity contribution in [2.75, 3.05) is 25.9 Å². The van der Waals surface area contributed by atoms with E-state index >= 15 is 0 Å². The van der Waals surface area contributed by atoms with Crippen molar-refractivity contribution >= 4 is 21.5 Å². The summed E-state index contributed by atoms with van der Waals surface area (Å²) in [6.07, 6.45) is 6.23. The number of nitrogens with zero attached hydrogens (tertiary/aromatic N) is 4. The monoisotopic (exact) mass is 468 g/mol. The van der Waals surface area contributed by atoms with E-state index in [1.807, 2.05) is 0 Å². The molecule has 1 amide bonds. The van der Waals surface area contributed by atoms with Gasteiger partial charge < -0.3 is 9.74 Å². The largest absolute Gasteiger partial charge is 0.333 e. The summed E-state index contributed by atoms with van der Waals surface area (Å²) < 4.78 is 27.2. The van der Waals surface area contributed by atoms with Crippen LogP contribution in [0.15, 0.2) is 17.2 Å². The molecule has 0 fully saturated rings. The van der Waals surface area contributed by atoms with Gasteiger partial charge in [0.25, 0.3) is 5.91 Å². The Bertz CT molecular complexity index is 1240. The van der Waals surface area contributed by atoms with Crippen LogP contribution in [0.4, 0.5) is 0 Å². The molecule has 0 unspecified atom stereocenters. The van der Waals surface area contributed by atoms with E-state index < -0.39 is 21.5 Å². The molecule has 2 aliphatic rings. The molecule has 2 aromatic rings. The van der Waals surface area contributed by atoms with Crippen LogP contribution in [0.25, 0.3) is 4.85 Å². The summed E-state index contributed by atoms with van der Waals surface area (Å²) in [7, 11) is -0.942. The van der Waals surface area contributed by atoms with Crippen LogP contribution in [-0.4, -0.2) is 60.7 Å². The summed E-state index contributed by atoms with van der Waals surface area (Å²) in [5, 5.41) is 3.74. The summed E-state index contributed by atoms with van der Waals surface area (Å²) in [4.78, 5) is 30.1. The van der Waals surface area contributed by atoms with Gasteiger partial charge in [0.2, 0.25) is 16.4 Å². The molecule has 8 nitrogen and oxygen atoms in total. The van der Waals surface area contributed by atoms with E-state index in [2.05, 4.69) is 16.0 Å². The summed E-state index contributed by atoms with van der Waals surface area (Å²) in [5.74, 6) is -1.40. The third kappa shape index (κ3) is 4.58. The van der Waals surface area contributed by atoms with Gasteiger partial charge in [-0.25, -0.2) is 15.0 Å². The molecular weight excluding hydrogens is 440 g/mol. The predicted molar refractivity (Wildman–Crippen MR) is 123 cm³/mol. The number of carbonyl (C=O) groups is 2. The summed E-state index contributed by atoms with van der Waals surface area (Å²) >= 11 is 0. The van der Waals surface area contributed by atoms with E-state index in [1.54, 1.807) is 7.05 Å². The molecule has 1 aromatic carbocycles.